The van der Waals surface area contributed by atoms with Crippen LogP contribution in [-0.2, 0) is 4.79 Å². The SMILES string of the molecule is CC(C)c1ccc(C(C)NC2CCC(=O)NC2)cc1. The summed E-state index contributed by atoms with van der Waals surface area (Å²) in [5, 5.41) is 6.50. The molecule has 1 aromatic rings. The van der Waals surface area contributed by atoms with Crippen molar-refractivity contribution in [1.82, 2.24) is 10.6 Å². The molecule has 1 fully saturated rings. The Morgan fingerprint density at radius 1 is 1.16 bits per heavy atom. The fourth-order valence-corrected chi connectivity index (χ4v) is 2.49. The van der Waals surface area contributed by atoms with E-state index in [1.807, 2.05) is 0 Å². The van der Waals surface area contributed by atoms with Gasteiger partial charge in [-0.05, 0) is 30.4 Å². The Kier molecular flexibility index (Phi) is 4.59. The molecule has 2 atom stereocenters. The molecule has 19 heavy (non-hydrogen) atoms. The van der Waals surface area contributed by atoms with Crippen LogP contribution in [0.15, 0.2) is 24.3 Å². The number of hydrogen-bond donors (Lipinski definition) is 2. The van der Waals surface area contributed by atoms with Gasteiger partial charge >= 0.3 is 0 Å². The molecule has 2 unspecified atom stereocenters. The van der Waals surface area contributed by atoms with Gasteiger partial charge in [-0.1, -0.05) is 38.1 Å². The molecule has 0 saturated carbocycles. The monoisotopic (exact) mass is 260 g/mol. The van der Waals surface area contributed by atoms with Crippen molar-refractivity contribution in [3.8, 4) is 0 Å². The minimum absolute atomic E-state index is 0.173. The summed E-state index contributed by atoms with van der Waals surface area (Å²) >= 11 is 0. The van der Waals surface area contributed by atoms with Crippen molar-refractivity contribution in [1.29, 1.82) is 0 Å². The summed E-state index contributed by atoms with van der Waals surface area (Å²) in [7, 11) is 0. The predicted molar refractivity (Wildman–Crippen MR) is 78.1 cm³/mol. The second kappa shape index (κ2) is 6.20. The third kappa shape index (κ3) is 3.80. The van der Waals surface area contributed by atoms with E-state index in [1.165, 1.54) is 11.1 Å². The molecule has 104 valence electrons. The van der Waals surface area contributed by atoms with Crippen molar-refractivity contribution in [3.63, 3.8) is 0 Å². The molecule has 3 nitrogen and oxygen atoms in total. The largest absolute Gasteiger partial charge is 0.355 e. The third-order valence-corrected chi connectivity index (χ3v) is 3.85. The van der Waals surface area contributed by atoms with Crippen LogP contribution in [-0.4, -0.2) is 18.5 Å². The first kappa shape index (κ1) is 14.1. The topological polar surface area (TPSA) is 41.1 Å². The highest BCUT2D eigenvalue weighted by Crippen LogP contribution is 2.19. The van der Waals surface area contributed by atoms with E-state index < -0.39 is 0 Å². The number of piperidine rings is 1. The van der Waals surface area contributed by atoms with Crippen molar-refractivity contribution < 1.29 is 4.79 Å². The molecule has 3 heteroatoms. The molecule has 0 bridgehead atoms. The standard InChI is InChI=1S/C16H24N2O/c1-11(2)13-4-6-14(7-5-13)12(3)18-15-8-9-16(19)17-10-15/h4-7,11-12,15,18H,8-10H2,1-3H3,(H,17,19). The van der Waals surface area contributed by atoms with Gasteiger partial charge in [0.25, 0.3) is 0 Å². The minimum Gasteiger partial charge on any atom is -0.355 e. The highest BCUT2D eigenvalue weighted by Gasteiger charge is 2.19. The van der Waals surface area contributed by atoms with Gasteiger partial charge in [-0.3, -0.25) is 4.79 Å². The predicted octanol–water partition coefficient (Wildman–Crippen LogP) is 2.74. The van der Waals surface area contributed by atoms with E-state index in [4.69, 9.17) is 0 Å². The number of nitrogens with one attached hydrogen (secondary N) is 2. The smallest absolute Gasteiger partial charge is 0.220 e. The highest BCUT2D eigenvalue weighted by molar-refractivity contribution is 5.76. The molecule has 1 saturated heterocycles. The zero-order valence-electron chi connectivity index (χ0n) is 12.1. The quantitative estimate of drug-likeness (QED) is 0.874. The van der Waals surface area contributed by atoms with Gasteiger partial charge in [-0.25, -0.2) is 0 Å². The van der Waals surface area contributed by atoms with Crippen LogP contribution >= 0.6 is 0 Å². The van der Waals surface area contributed by atoms with Gasteiger partial charge in [0.15, 0.2) is 0 Å². The molecule has 1 amide bonds. The Hall–Kier alpha value is -1.35. The molecule has 0 spiro atoms. The molecule has 2 N–H and O–H groups in total. The average Bonchev–Trinajstić information content (AvgIpc) is 2.41. The first-order chi connectivity index (χ1) is 9.06. The van der Waals surface area contributed by atoms with Crippen molar-refractivity contribution in [2.45, 2.75) is 51.6 Å². The lowest BCUT2D eigenvalue weighted by Gasteiger charge is -2.27. The van der Waals surface area contributed by atoms with Crippen LogP contribution in [0.4, 0.5) is 0 Å². The van der Waals surface area contributed by atoms with Gasteiger partial charge in [-0.15, -0.1) is 0 Å². The van der Waals surface area contributed by atoms with Crippen molar-refractivity contribution in [3.05, 3.63) is 35.4 Å². The zero-order chi connectivity index (χ0) is 13.8. The fraction of sp³-hybridized carbons (Fsp3) is 0.562. The van der Waals surface area contributed by atoms with E-state index in [1.54, 1.807) is 0 Å². The Bertz CT molecular complexity index is 415. The first-order valence-electron chi connectivity index (χ1n) is 7.19. The molecular weight excluding hydrogens is 236 g/mol. The Balaban J connectivity index is 1.92. The van der Waals surface area contributed by atoms with E-state index in [0.717, 1.165) is 13.0 Å². The lowest BCUT2D eigenvalue weighted by atomic mass is 9.98. The summed E-state index contributed by atoms with van der Waals surface area (Å²) in [5.74, 6) is 0.748. The lowest BCUT2D eigenvalue weighted by Crippen LogP contribution is -2.46. The first-order valence-corrected chi connectivity index (χ1v) is 7.19. The summed E-state index contributed by atoms with van der Waals surface area (Å²) in [6.45, 7) is 7.34. The van der Waals surface area contributed by atoms with Crippen LogP contribution < -0.4 is 10.6 Å². The van der Waals surface area contributed by atoms with Crippen LogP contribution in [0.25, 0.3) is 0 Å². The van der Waals surface area contributed by atoms with Gasteiger partial charge in [0.1, 0.15) is 0 Å². The minimum atomic E-state index is 0.173. The molecule has 2 rings (SSSR count). The maximum atomic E-state index is 11.1. The highest BCUT2D eigenvalue weighted by atomic mass is 16.1. The van der Waals surface area contributed by atoms with Crippen molar-refractivity contribution >= 4 is 5.91 Å². The molecule has 1 aliphatic rings. The summed E-state index contributed by atoms with van der Waals surface area (Å²) in [6.07, 6.45) is 1.57. The van der Waals surface area contributed by atoms with Crippen molar-refractivity contribution in [2.75, 3.05) is 6.54 Å². The number of rotatable bonds is 4. The van der Waals surface area contributed by atoms with Crippen LogP contribution in [0, 0.1) is 0 Å². The van der Waals surface area contributed by atoms with E-state index in [9.17, 15) is 4.79 Å². The van der Waals surface area contributed by atoms with Gasteiger partial charge in [0, 0.05) is 25.0 Å². The number of carbonyl (C=O) groups is 1. The van der Waals surface area contributed by atoms with Crippen LogP contribution in [0.5, 0.6) is 0 Å². The number of benzene rings is 1. The van der Waals surface area contributed by atoms with Gasteiger partial charge in [0.2, 0.25) is 5.91 Å². The Morgan fingerprint density at radius 2 is 1.79 bits per heavy atom. The number of amides is 1. The summed E-state index contributed by atoms with van der Waals surface area (Å²) in [6, 6.07) is 9.53. The van der Waals surface area contributed by atoms with Gasteiger partial charge in [0.05, 0.1) is 0 Å². The average molecular weight is 260 g/mol. The van der Waals surface area contributed by atoms with Gasteiger partial charge < -0.3 is 10.6 Å². The summed E-state index contributed by atoms with van der Waals surface area (Å²) in [5.41, 5.74) is 2.68. The second-order valence-electron chi connectivity index (χ2n) is 5.75. The molecule has 1 heterocycles. The lowest BCUT2D eigenvalue weighted by molar-refractivity contribution is -0.122. The van der Waals surface area contributed by atoms with E-state index in [0.29, 0.717) is 24.4 Å². The third-order valence-electron chi connectivity index (χ3n) is 3.85. The molecule has 0 aromatic heterocycles. The van der Waals surface area contributed by atoms with Crippen molar-refractivity contribution in [2.24, 2.45) is 0 Å². The normalized spacial score (nSPS) is 21.3. The van der Waals surface area contributed by atoms with Crippen LogP contribution in [0.1, 0.15) is 56.7 Å². The number of hydrogen-bond acceptors (Lipinski definition) is 2. The van der Waals surface area contributed by atoms with E-state index in [-0.39, 0.29) is 5.91 Å². The molecule has 1 aliphatic heterocycles. The van der Waals surface area contributed by atoms with Crippen LogP contribution in [0.3, 0.4) is 0 Å². The number of carbonyl (C=O) groups excluding carboxylic acids is 1. The van der Waals surface area contributed by atoms with Gasteiger partial charge in [-0.2, -0.15) is 0 Å². The van der Waals surface area contributed by atoms with E-state index >= 15 is 0 Å². The zero-order valence-corrected chi connectivity index (χ0v) is 12.1. The maximum absolute atomic E-state index is 11.1. The fourth-order valence-electron chi connectivity index (χ4n) is 2.49. The van der Waals surface area contributed by atoms with Crippen LogP contribution in [0.2, 0.25) is 0 Å². The molecule has 0 radical (unpaired) electrons. The Morgan fingerprint density at radius 3 is 2.32 bits per heavy atom. The summed E-state index contributed by atoms with van der Waals surface area (Å²) in [4.78, 5) is 11.1. The second-order valence-corrected chi connectivity index (χ2v) is 5.75. The molecule has 1 aromatic carbocycles. The molecular formula is C16H24N2O. The maximum Gasteiger partial charge on any atom is 0.220 e. The summed E-state index contributed by atoms with van der Waals surface area (Å²) < 4.78 is 0. The molecule has 0 aliphatic carbocycles. The van der Waals surface area contributed by atoms with E-state index in [2.05, 4.69) is 55.7 Å². The Labute approximate surface area is 115 Å².